The number of hydrogen-bond acceptors (Lipinski definition) is 6. The molecule has 0 spiro atoms. The van der Waals surface area contributed by atoms with E-state index in [9.17, 15) is 9.59 Å². The quantitative estimate of drug-likeness (QED) is 0.218. The normalized spacial score (nSPS) is 20.8. The molecule has 2 saturated heterocycles. The predicted octanol–water partition coefficient (Wildman–Crippen LogP) is 8.59. The average Bonchev–Trinajstić information content (AvgIpc) is 2.92. The molecule has 2 aliphatic rings. The van der Waals surface area contributed by atoms with Gasteiger partial charge in [-0.05, 0) is 112 Å². The van der Waals surface area contributed by atoms with E-state index in [0.717, 1.165) is 58.4 Å². The van der Waals surface area contributed by atoms with Gasteiger partial charge in [-0.3, -0.25) is 0 Å². The molecule has 0 aliphatic carbocycles. The van der Waals surface area contributed by atoms with Gasteiger partial charge in [-0.15, -0.1) is 0 Å². The third-order valence-corrected chi connectivity index (χ3v) is 9.36. The Labute approximate surface area is 273 Å². The second-order valence-electron chi connectivity index (χ2n) is 16.1. The number of carbonyl (C=O) groups is 2. The molecule has 0 unspecified atom stereocenters. The smallest absolute Gasteiger partial charge is 0.338 e. The zero-order valence-electron chi connectivity index (χ0n) is 28.5. The topological polar surface area (TPSA) is 76.7 Å². The standard InChI is InChI=1S/C40H48N2O4/c1-37(2)21-29(22-38(3,4)41-37)45-35(43)27-16-17-32-26(18-27)13-11-15-33(32)34-20-28(19-25-12-9-10-14-31(25)34)36(44)46-30-23-39(5,6)42-40(7,8)24-30/h9-20,29-30,41-42H,21-24H2,1-8H3. The summed E-state index contributed by atoms with van der Waals surface area (Å²) in [7, 11) is 0. The Morgan fingerprint density at radius 3 is 1.57 bits per heavy atom. The molecular weight excluding hydrogens is 572 g/mol. The van der Waals surface area contributed by atoms with E-state index in [4.69, 9.17) is 9.47 Å². The van der Waals surface area contributed by atoms with Crippen LogP contribution in [0.2, 0.25) is 0 Å². The highest BCUT2D eigenvalue weighted by Gasteiger charge is 2.40. The Morgan fingerprint density at radius 1 is 0.543 bits per heavy atom. The van der Waals surface area contributed by atoms with E-state index in [1.807, 2.05) is 60.7 Å². The van der Waals surface area contributed by atoms with Crippen LogP contribution in [-0.4, -0.2) is 46.3 Å². The molecule has 0 aromatic heterocycles. The first-order valence-electron chi connectivity index (χ1n) is 16.5. The third-order valence-electron chi connectivity index (χ3n) is 9.36. The summed E-state index contributed by atoms with van der Waals surface area (Å²) >= 11 is 0. The lowest BCUT2D eigenvalue weighted by atomic mass is 9.81. The predicted molar refractivity (Wildman–Crippen MR) is 186 cm³/mol. The highest BCUT2D eigenvalue weighted by Crippen LogP contribution is 2.37. The minimum atomic E-state index is -0.306. The maximum atomic E-state index is 13.7. The van der Waals surface area contributed by atoms with Crippen LogP contribution in [0.3, 0.4) is 0 Å². The molecule has 46 heavy (non-hydrogen) atoms. The Hall–Kier alpha value is -3.74. The number of fused-ring (bicyclic) bond motifs is 2. The summed E-state index contributed by atoms with van der Waals surface area (Å²) in [6, 6.07) is 23.9. The van der Waals surface area contributed by atoms with Gasteiger partial charge in [-0.1, -0.05) is 48.5 Å². The van der Waals surface area contributed by atoms with Crippen LogP contribution in [0.5, 0.6) is 0 Å². The number of carbonyl (C=O) groups excluding carboxylic acids is 2. The molecule has 0 amide bonds. The second kappa shape index (κ2) is 11.5. The Morgan fingerprint density at radius 2 is 1.00 bits per heavy atom. The van der Waals surface area contributed by atoms with E-state index >= 15 is 0 Å². The number of esters is 2. The fourth-order valence-corrected chi connectivity index (χ4v) is 8.36. The van der Waals surface area contributed by atoms with Gasteiger partial charge in [-0.2, -0.15) is 0 Å². The van der Waals surface area contributed by atoms with Gasteiger partial charge in [0.15, 0.2) is 0 Å². The van der Waals surface area contributed by atoms with Crippen LogP contribution in [0.4, 0.5) is 0 Å². The van der Waals surface area contributed by atoms with Crippen LogP contribution in [0.1, 0.15) is 102 Å². The first kappa shape index (κ1) is 32.2. The molecule has 6 heteroatoms. The molecule has 0 radical (unpaired) electrons. The fourth-order valence-electron chi connectivity index (χ4n) is 8.36. The maximum Gasteiger partial charge on any atom is 0.338 e. The zero-order valence-corrected chi connectivity index (χ0v) is 28.5. The molecule has 2 N–H and O–H groups in total. The molecule has 4 aromatic rings. The van der Waals surface area contributed by atoms with Gasteiger partial charge >= 0.3 is 11.9 Å². The Kier molecular flexibility index (Phi) is 8.05. The summed E-state index contributed by atoms with van der Waals surface area (Å²) in [6.07, 6.45) is 2.70. The number of rotatable bonds is 5. The highest BCUT2D eigenvalue weighted by atomic mass is 16.5. The van der Waals surface area contributed by atoms with E-state index < -0.39 is 0 Å². The monoisotopic (exact) mass is 620 g/mol. The van der Waals surface area contributed by atoms with Crippen molar-refractivity contribution < 1.29 is 19.1 Å². The first-order valence-corrected chi connectivity index (χ1v) is 16.5. The Balaban J connectivity index is 1.31. The third kappa shape index (κ3) is 6.98. The van der Waals surface area contributed by atoms with Crippen LogP contribution in [-0.2, 0) is 9.47 Å². The molecule has 0 bridgehead atoms. The number of hydrogen-bond donors (Lipinski definition) is 2. The van der Waals surface area contributed by atoms with Crippen LogP contribution < -0.4 is 10.6 Å². The minimum absolute atomic E-state index is 0.116. The molecule has 242 valence electrons. The summed E-state index contributed by atoms with van der Waals surface area (Å²) in [5.74, 6) is -0.606. The van der Waals surface area contributed by atoms with E-state index in [0.29, 0.717) is 11.1 Å². The summed E-state index contributed by atoms with van der Waals surface area (Å²) in [6.45, 7) is 17.2. The molecule has 0 saturated carbocycles. The van der Waals surface area contributed by atoms with Crippen LogP contribution in [0.25, 0.3) is 32.7 Å². The molecule has 4 aromatic carbocycles. The molecule has 6 nitrogen and oxygen atoms in total. The number of piperidine rings is 2. The Bertz CT molecular complexity index is 1790. The molecule has 2 heterocycles. The summed E-state index contributed by atoms with van der Waals surface area (Å²) in [5, 5.41) is 11.3. The first-order chi connectivity index (χ1) is 21.5. The number of ether oxygens (including phenoxy) is 2. The van der Waals surface area contributed by atoms with Crippen LogP contribution >= 0.6 is 0 Å². The lowest BCUT2D eigenvalue weighted by molar-refractivity contribution is -0.00764. The fraction of sp³-hybridized carbons (Fsp3) is 0.450. The summed E-state index contributed by atoms with van der Waals surface area (Å²) in [5.41, 5.74) is 2.53. The molecule has 0 atom stereocenters. The van der Waals surface area contributed by atoms with Crippen LogP contribution in [0, 0.1) is 0 Å². The lowest BCUT2D eigenvalue weighted by Crippen LogP contribution is -2.59. The highest BCUT2D eigenvalue weighted by molar-refractivity contribution is 6.09. The van der Waals surface area contributed by atoms with Crippen LogP contribution in [0.15, 0.2) is 72.8 Å². The van der Waals surface area contributed by atoms with Crippen molar-refractivity contribution in [2.45, 2.75) is 115 Å². The maximum absolute atomic E-state index is 13.7. The SMILES string of the molecule is CC1(C)CC(OC(=O)c2ccc3c(-c4cc(C(=O)OC5CC(C)(C)NC(C)(C)C5)cc5ccccc45)cccc3c2)CC(C)(C)N1. The van der Waals surface area contributed by atoms with Gasteiger partial charge in [0.1, 0.15) is 12.2 Å². The van der Waals surface area contributed by atoms with Crippen molar-refractivity contribution in [1.29, 1.82) is 0 Å². The summed E-state index contributed by atoms with van der Waals surface area (Å²) < 4.78 is 12.2. The number of nitrogens with one attached hydrogen (secondary N) is 2. The molecule has 6 rings (SSSR count). The molecule has 2 aliphatic heterocycles. The van der Waals surface area contributed by atoms with E-state index in [1.54, 1.807) is 0 Å². The van der Waals surface area contributed by atoms with Gasteiger partial charge in [0.05, 0.1) is 11.1 Å². The minimum Gasteiger partial charge on any atom is -0.459 e. The van der Waals surface area contributed by atoms with Crippen molar-refractivity contribution in [3.8, 4) is 11.1 Å². The van der Waals surface area contributed by atoms with Gasteiger partial charge in [-0.25, -0.2) is 9.59 Å². The van der Waals surface area contributed by atoms with Crippen molar-refractivity contribution in [2.75, 3.05) is 0 Å². The van der Waals surface area contributed by atoms with Crippen molar-refractivity contribution in [2.24, 2.45) is 0 Å². The van der Waals surface area contributed by atoms with Gasteiger partial charge in [0.25, 0.3) is 0 Å². The zero-order chi connectivity index (χ0) is 33.1. The van der Waals surface area contributed by atoms with E-state index in [-0.39, 0.29) is 46.3 Å². The van der Waals surface area contributed by atoms with Gasteiger partial charge in [0, 0.05) is 47.8 Å². The number of benzene rings is 4. The largest absolute Gasteiger partial charge is 0.459 e. The summed E-state index contributed by atoms with van der Waals surface area (Å²) in [4.78, 5) is 27.1. The molecular formula is C40H48N2O4. The van der Waals surface area contributed by atoms with Gasteiger partial charge < -0.3 is 20.1 Å². The second-order valence-corrected chi connectivity index (χ2v) is 16.1. The molecule has 2 fully saturated rings. The van der Waals surface area contributed by atoms with E-state index in [1.165, 1.54) is 0 Å². The average molecular weight is 621 g/mol. The van der Waals surface area contributed by atoms with Gasteiger partial charge in [0.2, 0.25) is 0 Å². The van der Waals surface area contributed by atoms with Crippen molar-refractivity contribution >= 4 is 33.5 Å². The van der Waals surface area contributed by atoms with Crippen molar-refractivity contribution in [1.82, 2.24) is 10.6 Å². The van der Waals surface area contributed by atoms with Crippen molar-refractivity contribution in [3.05, 3.63) is 83.9 Å². The van der Waals surface area contributed by atoms with E-state index in [2.05, 4.69) is 78.2 Å². The van der Waals surface area contributed by atoms with Crippen molar-refractivity contribution in [3.63, 3.8) is 0 Å². The lowest BCUT2D eigenvalue weighted by Gasteiger charge is -2.45.